The third kappa shape index (κ3) is 3.37. The second-order valence-corrected chi connectivity index (χ2v) is 5.91. The van der Waals surface area contributed by atoms with E-state index in [1.165, 1.54) is 17.7 Å². The molecule has 0 aromatic heterocycles. The van der Waals surface area contributed by atoms with Crippen molar-refractivity contribution in [2.45, 2.75) is 64.6 Å². The molecule has 1 aliphatic carbocycles. The molecule has 0 aromatic carbocycles. The summed E-state index contributed by atoms with van der Waals surface area (Å²) in [6, 6.07) is -0.180. The van der Waals surface area contributed by atoms with Gasteiger partial charge in [-0.05, 0) is 40.0 Å². The molecule has 0 bridgehead atoms. The van der Waals surface area contributed by atoms with Gasteiger partial charge in [0.05, 0.1) is 0 Å². The van der Waals surface area contributed by atoms with Crippen LogP contribution in [0.3, 0.4) is 0 Å². The van der Waals surface area contributed by atoms with E-state index in [9.17, 15) is 9.90 Å². The number of carbonyl (C=O) groups is 1. The fourth-order valence-electron chi connectivity index (χ4n) is 2.20. The topological polar surface area (TPSA) is 66.6 Å². The minimum atomic E-state index is -0.883. The zero-order chi connectivity index (χ0) is 12.5. The van der Waals surface area contributed by atoms with Crippen LogP contribution in [0, 0.1) is 5.92 Å². The van der Waals surface area contributed by atoms with Gasteiger partial charge in [0.2, 0.25) is 0 Å². The summed E-state index contributed by atoms with van der Waals surface area (Å²) in [4.78, 5) is 12.7. The van der Waals surface area contributed by atoms with Crippen LogP contribution >= 0.6 is 0 Å². The smallest absolute Gasteiger partial charge is 0.408 e. The Morgan fingerprint density at radius 3 is 2.31 bits per heavy atom. The number of hydrogen-bond acceptors (Lipinski definition) is 2. The minimum absolute atomic E-state index is 0.0529. The van der Waals surface area contributed by atoms with E-state index in [-0.39, 0.29) is 12.1 Å². The second kappa shape index (κ2) is 4.62. The molecule has 4 nitrogen and oxygen atoms in total. The van der Waals surface area contributed by atoms with E-state index in [2.05, 4.69) is 0 Å². The maximum Gasteiger partial charge on any atom is 0.408 e. The SMILES string of the molecule is C[C@@H]([C@@H](N)CC1CC1)N(C(=O)O)C(C)(C)C. The summed E-state index contributed by atoms with van der Waals surface area (Å²) in [6.45, 7) is 7.62. The van der Waals surface area contributed by atoms with E-state index in [0.29, 0.717) is 0 Å². The normalized spacial score (nSPS) is 20.3. The lowest BCUT2D eigenvalue weighted by Crippen LogP contribution is -2.56. The van der Waals surface area contributed by atoms with Crippen molar-refractivity contribution in [3.05, 3.63) is 0 Å². The molecule has 0 aromatic rings. The highest BCUT2D eigenvalue weighted by Crippen LogP contribution is 2.34. The number of nitrogens with two attached hydrogens (primary N) is 1. The standard InChI is InChI=1S/C12H24N2O2/c1-8(10(13)7-9-5-6-9)14(11(15)16)12(2,3)4/h8-10H,5-7,13H2,1-4H3,(H,15,16)/t8-,10-/m0/s1. The predicted octanol–water partition coefficient (Wildman–Crippen LogP) is 2.28. The third-order valence-electron chi connectivity index (χ3n) is 3.26. The molecule has 1 saturated carbocycles. The molecule has 0 saturated heterocycles. The van der Waals surface area contributed by atoms with E-state index < -0.39 is 11.6 Å². The first kappa shape index (κ1) is 13.3. The van der Waals surface area contributed by atoms with Crippen molar-refractivity contribution >= 4 is 6.09 Å². The molecule has 0 aliphatic heterocycles. The average Bonchev–Trinajstić information content (AvgIpc) is 2.84. The minimum Gasteiger partial charge on any atom is -0.465 e. The van der Waals surface area contributed by atoms with Crippen molar-refractivity contribution in [1.29, 1.82) is 0 Å². The number of hydrogen-bond donors (Lipinski definition) is 2. The monoisotopic (exact) mass is 228 g/mol. The van der Waals surface area contributed by atoms with Gasteiger partial charge in [0.15, 0.2) is 0 Å². The maximum atomic E-state index is 11.3. The van der Waals surface area contributed by atoms with Gasteiger partial charge in [0.25, 0.3) is 0 Å². The molecule has 3 N–H and O–H groups in total. The Bertz CT molecular complexity index is 256. The maximum absolute atomic E-state index is 11.3. The van der Waals surface area contributed by atoms with Crippen molar-refractivity contribution < 1.29 is 9.90 Å². The van der Waals surface area contributed by atoms with Crippen LogP contribution in [0.15, 0.2) is 0 Å². The Labute approximate surface area is 97.8 Å². The van der Waals surface area contributed by atoms with Gasteiger partial charge >= 0.3 is 6.09 Å². The van der Waals surface area contributed by atoms with Gasteiger partial charge in [-0.25, -0.2) is 4.79 Å². The third-order valence-corrected chi connectivity index (χ3v) is 3.26. The molecule has 1 amide bonds. The molecule has 1 aliphatic rings. The van der Waals surface area contributed by atoms with Crippen LogP contribution in [0.1, 0.15) is 47.0 Å². The van der Waals surface area contributed by atoms with Gasteiger partial charge in [0.1, 0.15) is 0 Å². The summed E-state index contributed by atoms with van der Waals surface area (Å²) >= 11 is 0. The van der Waals surface area contributed by atoms with Crippen molar-refractivity contribution in [2.24, 2.45) is 11.7 Å². The Hall–Kier alpha value is -0.770. The lowest BCUT2D eigenvalue weighted by atomic mass is 9.97. The van der Waals surface area contributed by atoms with Crippen molar-refractivity contribution in [1.82, 2.24) is 4.90 Å². The Balaban J connectivity index is 2.65. The van der Waals surface area contributed by atoms with Crippen molar-refractivity contribution in [3.8, 4) is 0 Å². The quantitative estimate of drug-likeness (QED) is 0.775. The first-order valence-corrected chi connectivity index (χ1v) is 6.01. The van der Waals surface area contributed by atoms with E-state index in [0.717, 1.165) is 12.3 Å². The van der Waals surface area contributed by atoms with Crippen molar-refractivity contribution in [3.63, 3.8) is 0 Å². The Kier molecular flexibility index (Phi) is 3.84. The number of amides is 1. The second-order valence-electron chi connectivity index (χ2n) is 5.91. The molecule has 16 heavy (non-hydrogen) atoms. The van der Waals surface area contributed by atoms with Crippen LogP contribution in [0.25, 0.3) is 0 Å². The molecule has 0 spiro atoms. The molecule has 2 atom stereocenters. The fraction of sp³-hybridized carbons (Fsp3) is 0.917. The van der Waals surface area contributed by atoms with E-state index in [1.54, 1.807) is 0 Å². The van der Waals surface area contributed by atoms with Gasteiger partial charge in [-0.15, -0.1) is 0 Å². The van der Waals surface area contributed by atoms with Crippen LogP contribution < -0.4 is 5.73 Å². The van der Waals surface area contributed by atoms with E-state index in [4.69, 9.17) is 5.73 Å². The van der Waals surface area contributed by atoms with Crippen LogP contribution in [0.5, 0.6) is 0 Å². The zero-order valence-corrected chi connectivity index (χ0v) is 10.7. The first-order chi connectivity index (χ1) is 7.23. The molecule has 0 unspecified atom stereocenters. The average molecular weight is 228 g/mol. The Morgan fingerprint density at radius 1 is 1.50 bits per heavy atom. The van der Waals surface area contributed by atoms with Crippen LogP contribution in [0.2, 0.25) is 0 Å². The molecular formula is C12H24N2O2. The van der Waals surface area contributed by atoms with Gasteiger partial charge in [-0.2, -0.15) is 0 Å². The molecular weight excluding hydrogens is 204 g/mol. The number of nitrogens with zero attached hydrogens (tertiary/aromatic N) is 1. The summed E-state index contributed by atoms with van der Waals surface area (Å²) in [6.07, 6.45) is 2.57. The van der Waals surface area contributed by atoms with Gasteiger partial charge in [0, 0.05) is 17.6 Å². The van der Waals surface area contributed by atoms with E-state index >= 15 is 0 Å². The van der Waals surface area contributed by atoms with Gasteiger partial charge in [-0.1, -0.05) is 12.8 Å². The molecule has 4 heteroatoms. The molecule has 0 radical (unpaired) electrons. The summed E-state index contributed by atoms with van der Waals surface area (Å²) in [5, 5.41) is 9.25. The highest BCUT2D eigenvalue weighted by Gasteiger charge is 2.35. The zero-order valence-electron chi connectivity index (χ0n) is 10.7. The number of rotatable bonds is 4. The summed E-state index contributed by atoms with van der Waals surface area (Å²) in [5.41, 5.74) is 5.69. The van der Waals surface area contributed by atoms with Crippen LogP contribution in [-0.2, 0) is 0 Å². The lowest BCUT2D eigenvalue weighted by molar-refractivity contribution is 0.0655. The highest BCUT2D eigenvalue weighted by atomic mass is 16.4. The Morgan fingerprint density at radius 2 is 2.00 bits per heavy atom. The van der Waals surface area contributed by atoms with Gasteiger partial charge < -0.3 is 10.8 Å². The summed E-state index contributed by atoms with van der Waals surface area (Å²) in [7, 11) is 0. The largest absolute Gasteiger partial charge is 0.465 e. The van der Waals surface area contributed by atoms with Gasteiger partial charge in [-0.3, -0.25) is 4.90 Å². The highest BCUT2D eigenvalue weighted by molar-refractivity contribution is 5.66. The molecule has 0 heterocycles. The lowest BCUT2D eigenvalue weighted by Gasteiger charge is -2.40. The molecule has 1 rings (SSSR count). The first-order valence-electron chi connectivity index (χ1n) is 6.01. The molecule has 94 valence electrons. The fourth-order valence-corrected chi connectivity index (χ4v) is 2.20. The molecule has 1 fully saturated rings. The van der Waals surface area contributed by atoms with Crippen LogP contribution in [0.4, 0.5) is 4.79 Å². The van der Waals surface area contributed by atoms with E-state index in [1.807, 2.05) is 27.7 Å². The summed E-state index contributed by atoms with van der Waals surface area (Å²) in [5.74, 6) is 0.730. The number of carboxylic acid groups (broad SMARTS) is 1. The summed E-state index contributed by atoms with van der Waals surface area (Å²) < 4.78 is 0. The van der Waals surface area contributed by atoms with Crippen molar-refractivity contribution in [2.75, 3.05) is 0 Å². The van der Waals surface area contributed by atoms with Crippen LogP contribution in [-0.4, -0.2) is 33.7 Å². The predicted molar refractivity (Wildman–Crippen MR) is 64.4 cm³/mol.